The third-order valence-corrected chi connectivity index (χ3v) is 1.33. The molecule has 0 fully saturated rings. The molecule has 0 N–H and O–H groups in total. The molecule has 0 nitrogen and oxygen atoms in total. The summed E-state index contributed by atoms with van der Waals surface area (Å²) >= 11 is 0. The van der Waals surface area contributed by atoms with Crippen molar-refractivity contribution in [3.63, 3.8) is 0 Å². The molecule has 2 aromatic carbocycles. The molecule has 0 aliphatic rings. The van der Waals surface area contributed by atoms with E-state index in [2.05, 4.69) is 0 Å². The molecule has 0 saturated carbocycles. The molecule has 0 spiro atoms. The average Bonchev–Trinajstić information content (AvgIpc) is 2.24. The molecule has 1 heteroatoms. The molecular weight excluding hydrogens is 203 g/mol. The van der Waals surface area contributed by atoms with Crippen molar-refractivity contribution in [2.45, 2.75) is 0 Å². The van der Waals surface area contributed by atoms with Crippen molar-refractivity contribution in [2.75, 3.05) is 0 Å². The summed E-state index contributed by atoms with van der Waals surface area (Å²) in [5.74, 6) is 0. The summed E-state index contributed by atoms with van der Waals surface area (Å²) in [6.45, 7) is 0. The molecule has 0 aromatic heterocycles. The molecule has 13 heavy (non-hydrogen) atoms. The quantitative estimate of drug-likeness (QED) is 0.632. The maximum atomic E-state index is 2.00. The van der Waals surface area contributed by atoms with Crippen LogP contribution in [0.25, 0.3) is 0 Å². The molecule has 1 radical (unpaired) electrons. The van der Waals surface area contributed by atoms with E-state index in [1.54, 1.807) is 0 Å². The number of rotatable bonds is 0. The second-order valence-corrected chi connectivity index (χ2v) is 2.31. The van der Waals surface area contributed by atoms with Gasteiger partial charge in [0.15, 0.2) is 0 Å². The zero-order valence-corrected chi connectivity index (χ0v) is 8.30. The first-order chi connectivity index (χ1) is 6.00. The zero-order chi connectivity index (χ0) is 8.49. The molecule has 69 valence electrons. The Morgan fingerprint density at radius 1 is 0.231 bits per heavy atom. The van der Waals surface area contributed by atoms with Crippen molar-refractivity contribution < 1.29 is 16.8 Å². The molecule has 0 unspecified atom stereocenters. The minimum Gasteiger partial charge on any atom is -0.0623 e. The van der Waals surface area contributed by atoms with Gasteiger partial charge in [-0.05, 0) is 0 Å². The monoisotopic (exact) mass is 215 g/mol. The van der Waals surface area contributed by atoms with Crippen LogP contribution in [-0.4, -0.2) is 0 Å². The molecule has 0 saturated heterocycles. The van der Waals surface area contributed by atoms with E-state index in [-0.39, 0.29) is 16.8 Å². The molecule has 2 aromatic rings. The molecule has 0 aliphatic heterocycles. The van der Waals surface area contributed by atoms with Crippen LogP contribution in [0.3, 0.4) is 0 Å². The summed E-state index contributed by atoms with van der Waals surface area (Å²) in [6.07, 6.45) is 0. The average molecular weight is 215 g/mol. The van der Waals surface area contributed by atoms with E-state index in [0.29, 0.717) is 0 Å². The topological polar surface area (TPSA) is 0 Å². The van der Waals surface area contributed by atoms with Gasteiger partial charge in [-0.3, -0.25) is 0 Å². The molecule has 0 aliphatic carbocycles. The van der Waals surface area contributed by atoms with E-state index in [1.165, 1.54) is 0 Å². The predicted octanol–water partition coefficient (Wildman–Crippen LogP) is 3.37. The van der Waals surface area contributed by atoms with Crippen molar-refractivity contribution >= 4 is 0 Å². The van der Waals surface area contributed by atoms with Gasteiger partial charge in [0.05, 0.1) is 0 Å². The van der Waals surface area contributed by atoms with Gasteiger partial charge in [-0.1, -0.05) is 72.8 Å². The Bertz CT molecular complexity index is 181. The molecule has 0 heterocycles. The Hall–Kier alpha value is -1.05. The van der Waals surface area contributed by atoms with E-state index in [9.17, 15) is 0 Å². The van der Waals surface area contributed by atoms with Crippen LogP contribution in [0.1, 0.15) is 0 Å². The fourth-order valence-corrected chi connectivity index (χ4v) is 0.770. The summed E-state index contributed by atoms with van der Waals surface area (Å²) in [5.41, 5.74) is 0. The first kappa shape index (κ1) is 11.9. The Morgan fingerprint density at radius 3 is 0.385 bits per heavy atom. The number of hydrogen-bond donors (Lipinski definition) is 0. The Kier molecular flexibility index (Phi) is 8.31. The van der Waals surface area contributed by atoms with Crippen LogP contribution in [0.5, 0.6) is 0 Å². The van der Waals surface area contributed by atoms with Crippen LogP contribution in [0, 0.1) is 0 Å². The Balaban J connectivity index is 0.000000206. The van der Waals surface area contributed by atoms with Gasteiger partial charge in [-0.2, -0.15) is 0 Å². The summed E-state index contributed by atoms with van der Waals surface area (Å²) < 4.78 is 0. The largest absolute Gasteiger partial charge is 0.0623 e. The molecule has 0 amide bonds. The minimum atomic E-state index is 0. The molecule has 2 rings (SSSR count). The number of hydrogen-bond acceptors (Lipinski definition) is 0. The van der Waals surface area contributed by atoms with Gasteiger partial charge in [-0.15, -0.1) is 0 Å². The summed E-state index contributed by atoms with van der Waals surface area (Å²) in [7, 11) is 0. The van der Waals surface area contributed by atoms with Gasteiger partial charge in [0.1, 0.15) is 0 Å². The maximum Gasteiger partial charge on any atom is 0 e. The van der Waals surface area contributed by atoms with Gasteiger partial charge in [-0.25, -0.2) is 0 Å². The van der Waals surface area contributed by atoms with E-state index >= 15 is 0 Å². The number of benzene rings is 2. The van der Waals surface area contributed by atoms with Gasteiger partial charge in [0, 0.05) is 16.8 Å². The van der Waals surface area contributed by atoms with E-state index in [0.717, 1.165) is 0 Å². The standard InChI is InChI=1S/2C6H6.Co/c2*1-2-4-6-5-3-1;/h2*1-6H;. The minimum absolute atomic E-state index is 0. The van der Waals surface area contributed by atoms with Crippen LogP contribution >= 0.6 is 0 Å². The van der Waals surface area contributed by atoms with Crippen LogP contribution in [0.15, 0.2) is 72.8 Å². The van der Waals surface area contributed by atoms with Gasteiger partial charge in [0.2, 0.25) is 0 Å². The third-order valence-electron chi connectivity index (χ3n) is 1.33. The van der Waals surface area contributed by atoms with E-state index in [4.69, 9.17) is 0 Å². The predicted molar refractivity (Wildman–Crippen MR) is 52.9 cm³/mol. The SMILES string of the molecule is [Co].c1ccccc1.c1ccccc1. The summed E-state index contributed by atoms with van der Waals surface area (Å²) in [5, 5.41) is 0. The van der Waals surface area contributed by atoms with Gasteiger partial charge < -0.3 is 0 Å². The van der Waals surface area contributed by atoms with Crippen molar-refractivity contribution in [1.29, 1.82) is 0 Å². The molecular formula is C12H12Co. The smallest absolute Gasteiger partial charge is 0 e. The van der Waals surface area contributed by atoms with Crippen LogP contribution in [-0.2, 0) is 16.8 Å². The van der Waals surface area contributed by atoms with Crippen LogP contribution in [0.4, 0.5) is 0 Å². The summed E-state index contributed by atoms with van der Waals surface area (Å²) in [6, 6.07) is 24.0. The van der Waals surface area contributed by atoms with Crippen molar-refractivity contribution in [1.82, 2.24) is 0 Å². The maximum absolute atomic E-state index is 2.00. The van der Waals surface area contributed by atoms with Crippen LogP contribution < -0.4 is 0 Å². The Labute approximate surface area is 89.8 Å². The fraction of sp³-hybridized carbons (Fsp3) is 0. The first-order valence-electron chi connectivity index (χ1n) is 4.00. The first-order valence-corrected chi connectivity index (χ1v) is 4.00. The Morgan fingerprint density at radius 2 is 0.308 bits per heavy atom. The zero-order valence-electron chi connectivity index (χ0n) is 7.26. The second-order valence-electron chi connectivity index (χ2n) is 2.31. The second kappa shape index (κ2) is 9.04. The third kappa shape index (κ3) is 7.31. The molecule has 0 atom stereocenters. The van der Waals surface area contributed by atoms with Crippen LogP contribution in [0.2, 0.25) is 0 Å². The van der Waals surface area contributed by atoms with Crippen molar-refractivity contribution in [3.05, 3.63) is 72.8 Å². The fourth-order valence-electron chi connectivity index (χ4n) is 0.770. The summed E-state index contributed by atoms with van der Waals surface area (Å²) in [4.78, 5) is 0. The van der Waals surface area contributed by atoms with E-state index < -0.39 is 0 Å². The van der Waals surface area contributed by atoms with Crippen molar-refractivity contribution in [2.24, 2.45) is 0 Å². The molecule has 0 bridgehead atoms. The van der Waals surface area contributed by atoms with Gasteiger partial charge >= 0.3 is 0 Å². The van der Waals surface area contributed by atoms with E-state index in [1.807, 2.05) is 72.8 Å². The van der Waals surface area contributed by atoms with Gasteiger partial charge in [0.25, 0.3) is 0 Å². The normalized spacial score (nSPS) is 7.38. The van der Waals surface area contributed by atoms with Crippen molar-refractivity contribution in [3.8, 4) is 0 Å².